The summed E-state index contributed by atoms with van der Waals surface area (Å²) >= 11 is 0. The number of aliphatic hydroxyl groups is 1. The summed E-state index contributed by atoms with van der Waals surface area (Å²) in [5, 5.41) is 9.56. The third-order valence-corrected chi connectivity index (χ3v) is 10.0. The van der Waals surface area contributed by atoms with Crippen molar-refractivity contribution in [2.75, 3.05) is 26.4 Å². The van der Waals surface area contributed by atoms with Crippen LogP contribution in [0.5, 0.6) is 0 Å². The lowest BCUT2D eigenvalue weighted by molar-refractivity contribution is -0.161. The van der Waals surface area contributed by atoms with Crippen LogP contribution in [0.4, 0.5) is 0 Å². The highest BCUT2D eigenvalue weighted by Gasteiger charge is 2.25. The number of carbonyl (C=O) groups is 2. The van der Waals surface area contributed by atoms with Crippen LogP contribution in [0.2, 0.25) is 0 Å². The van der Waals surface area contributed by atoms with Gasteiger partial charge in [-0.2, -0.15) is 0 Å². The first-order valence-corrected chi connectivity index (χ1v) is 23.3. The molecule has 0 aromatic carbocycles. The maximum atomic E-state index is 12.6. The molecule has 0 aliphatic rings. The van der Waals surface area contributed by atoms with Gasteiger partial charge in [0.05, 0.1) is 19.3 Å². The molecular formula is C45H80NO9P. The molecule has 324 valence electrons. The highest BCUT2D eigenvalue weighted by atomic mass is 31.2. The smallest absolute Gasteiger partial charge is 0.462 e. The number of aliphatic hydroxyl groups excluding tert-OH is 1. The van der Waals surface area contributed by atoms with Crippen molar-refractivity contribution in [3.8, 4) is 0 Å². The molecule has 0 heterocycles. The summed E-state index contributed by atoms with van der Waals surface area (Å²) in [6, 6.07) is 0. The van der Waals surface area contributed by atoms with E-state index in [9.17, 15) is 24.2 Å². The Morgan fingerprint density at radius 1 is 0.607 bits per heavy atom. The number of esters is 2. The molecule has 1 unspecified atom stereocenters. The van der Waals surface area contributed by atoms with Gasteiger partial charge in [0.15, 0.2) is 6.10 Å². The summed E-state index contributed by atoms with van der Waals surface area (Å²) in [4.78, 5) is 34.8. The van der Waals surface area contributed by atoms with Gasteiger partial charge in [-0.3, -0.25) is 18.6 Å². The van der Waals surface area contributed by atoms with Crippen molar-refractivity contribution in [3.63, 3.8) is 0 Å². The molecule has 0 saturated heterocycles. The van der Waals surface area contributed by atoms with Crippen molar-refractivity contribution >= 4 is 19.8 Å². The number of allylic oxidation sites excluding steroid dienone is 10. The molecule has 0 fully saturated rings. The maximum Gasteiger partial charge on any atom is 0.472 e. The average molecular weight is 810 g/mol. The van der Waals surface area contributed by atoms with Crippen LogP contribution in [0.15, 0.2) is 60.8 Å². The SMILES string of the molecule is CCCCCCCC/C=C\CCCCCCCCCC(=O)OC[C@H](COP(=O)(O)OCCN)OC(=O)CCC/C=C\C/C=C\C/C=C\C/C=C\CC[C@H](O)CC. The predicted molar refractivity (Wildman–Crippen MR) is 230 cm³/mol. The van der Waals surface area contributed by atoms with E-state index in [0.29, 0.717) is 19.3 Å². The lowest BCUT2D eigenvalue weighted by Gasteiger charge is -2.19. The van der Waals surface area contributed by atoms with Gasteiger partial charge in [-0.1, -0.05) is 139 Å². The van der Waals surface area contributed by atoms with Crippen molar-refractivity contribution < 1.29 is 42.7 Å². The first kappa shape index (κ1) is 53.7. The van der Waals surface area contributed by atoms with Gasteiger partial charge in [0.1, 0.15) is 6.61 Å². The summed E-state index contributed by atoms with van der Waals surface area (Å²) in [5.74, 6) is -0.920. The van der Waals surface area contributed by atoms with E-state index in [2.05, 4.69) is 55.5 Å². The zero-order valence-electron chi connectivity index (χ0n) is 35.2. The Hall–Kier alpha value is -2.33. The molecule has 0 rings (SSSR count). The summed E-state index contributed by atoms with van der Waals surface area (Å²) in [7, 11) is -4.40. The van der Waals surface area contributed by atoms with Crippen molar-refractivity contribution in [2.45, 2.75) is 187 Å². The molecule has 0 aliphatic heterocycles. The molecule has 0 saturated carbocycles. The number of carbonyl (C=O) groups excluding carboxylic acids is 2. The van der Waals surface area contributed by atoms with Crippen LogP contribution in [0.1, 0.15) is 174 Å². The van der Waals surface area contributed by atoms with E-state index >= 15 is 0 Å². The second kappa shape index (κ2) is 40.9. The number of hydrogen-bond donors (Lipinski definition) is 3. The van der Waals surface area contributed by atoms with E-state index in [4.69, 9.17) is 24.3 Å². The van der Waals surface area contributed by atoms with Gasteiger partial charge in [-0.05, 0) is 83.5 Å². The van der Waals surface area contributed by atoms with E-state index in [1.807, 2.05) is 19.1 Å². The fourth-order valence-electron chi connectivity index (χ4n) is 5.60. The zero-order chi connectivity index (χ0) is 41.2. The number of phosphoric acid groups is 1. The standard InChI is InChI=1S/C45H80NO9P/c1-3-5-6-7-8-9-10-11-12-13-14-18-21-24-27-30-33-36-44(48)52-40-43(41-54-56(50,51)53-39-38-46)55-45(49)37-34-31-28-25-22-19-16-15-17-20-23-26-29-32-35-42(47)4-2/h11-12,16-17,19-20,25-26,28-29,42-43,47H,3-10,13-15,18,21-24,27,30-41,46H2,1-2H3,(H,50,51)/b12-11-,19-16-,20-17-,28-25-,29-26-/t42-,43-/m1/s1. The van der Waals surface area contributed by atoms with Crippen LogP contribution in [-0.4, -0.2) is 60.5 Å². The van der Waals surface area contributed by atoms with Crippen molar-refractivity contribution in [1.29, 1.82) is 0 Å². The average Bonchev–Trinajstić information content (AvgIpc) is 3.18. The van der Waals surface area contributed by atoms with Gasteiger partial charge in [-0.25, -0.2) is 4.57 Å². The topological polar surface area (TPSA) is 155 Å². The van der Waals surface area contributed by atoms with Crippen molar-refractivity contribution in [1.82, 2.24) is 0 Å². The molecule has 0 spiro atoms. The van der Waals surface area contributed by atoms with Gasteiger partial charge >= 0.3 is 19.8 Å². The first-order valence-electron chi connectivity index (χ1n) is 21.8. The normalized spacial score (nSPS) is 14.4. The van der Waals surface area contributed by atoms with Crippen LogP contribution in [0.3, 0.4) is 0 Å². The van der Waals surface area contributed by atoms with E-state index in [1.165, 1.54) is 64.2 Å². The Morgan fingerprint density at radius 2 is 1.09 bits per heavy atom. The number of rotatable bonds is 40. The Labute approximate surface area is 341 Å². The maximum absolute atomic E-state index is 12.6. The summed E-state index contributed by atoms with van der Waals surface area (Å²) in [6.07, 6.45) is 44.8. The highest BCUT2D eigenvalue weighted by molar-refractivity contribution is 7.47. The number of ether oxygens (including phenoxy) is 2. The molecule has 56 heavy (non-hydrogen) atoms. The van der Waals surface area contributed by atoms with Crippen LogP contribution >= 0.6 is 7.82 Å². The lowest BCUT2D eigenvalue weighted by atomic mass is 10.1. The minimum absolute atomic E-state index is 0.0361. The molecule has 3 atom stereocenters. The van der Waals surface area contributed by atoms with Gasteiger partial charge in [-0.15, -0.1) is 0 Å². The predicted octanol–water partition coefficient (Wildman–Crippen LogP) is 11.5. The van der Waals surface area contributed by atoms with Crippen LogP contribution in [0.25, 0.3) is 0 Å². The third kappa shape index (κ3) is 39.9. The number of nitrogens with two attached hydrogens (primary N) is 1. The minimum atomic E-state index is -4.40. The monoisotopic (exact) mass is 810 g/mol. The summed E-state index contributed by atoms with van der Waals surface area (Å²) in [6.45, 7) is 3.36. The van der Waals surface area contributed by atoms with Gasteiger partial charge < -0.3 is 25.2 Å². The van der Waals surface area contributed by atoms with Crippen LogP contribution in [-0.2, 0) is 32.7 Å². The third-order valence-electron chi connectivity index (χ3n) is 9.04. The second-order valence-corrected chi connectivity index (χ2v) is 15.8. The molecule has 4 N–H and O–H groups in total. The Balaban J connectivity index is 4.27. The van der Waals surface area contributed by atoms with Crippen molar-refractivity contribution in [2.24, 2.45) is 5.73 Å². The summed E-state index contributed by atoms with van der Waals surface area (Å²) < 4.78 is 32.7. The highest BCUT2D eigenvalue weighted by Crippen LogP contribution is 2.43. The van der Waals surface area contributed by atoms with E-state index in [-0.39, 0.29) is 38.7 Å². The van der Waals surface area contributed by atoms with Crippen molar-refractivity contribution in [3.05, 3.63) is 60.8 Å². The molecule has 0 radical (unpaired) electrons. The Morgan fingerprint density at radius 3 is 1.66 bits per heavy atom. The molecule has 0 aromatic heterocycles. The fourth-order valence-corrected chi connectivity index (χ4v) is 6.37. The summed E-state index contributed by atoms with van der Waals surface area (Å²) in [5.41, 5.74) is 5.34. The van der Waals surface area contributed by atoms with E-state index in [1.54, 1.807) is 0 Å². The van der Waals surface area contributed by atoms with E-state index in [0.717, 1.165) is 64.2 Å². The molecule has 0 amide bonds. The van der Waals surface area contributed by atoms with E-state index < -0.39 is 32.5 Å². The number of unbranched alkanes of at least 4 members (excludes halogenated alkanes) is 14. The van der Waals surface area contributed by atoms with Gasteiger partial charge in [0.2, 0.25) is 0 Å². The zero-order valence-corrected chi connectivity index (χ0v) is 36.1. The Bertz CT molecular complexity index is 1120. The van der Waals surface area contributed by atoms with Gasteiger partial charge in [0.25, 0.3) is 0 Å². The molecule has 10 nitrogen and oxygen atoms in total. The lowest BCUT2D eigenvalue weighted by Crippen LogP contribution is -2.29. The molecule has 11 heteroatoms. The minimum Gasteiger partial charge on any atom is -0.462 e. The molecule has 0 aromatic rings. The molecular weight excluding hydrogens is 729 g/mol. The van der Waals surface area contributed by atoms with Crippen LogP contribution < -0.4 is 5.73 Å². The molecule has 0 aliphatic carbocycles. The number of phosphoric ester groups is 1. The molecule has 0 bridgehead atoms. The fraction of sp³-hybridized carbons (Fsp3) is 0.733. The largest absolute Gasteiger partial charge is 0.472 e. The Kier molecular flexibility index (Phi) is 39.2. The quantitative estimate of drug-likeness (QED) is 0.0236. The number of hydrogen-bond acceptors (Lipinski definition) is 9. The first-order chi connectivity index (χ1) is 27.2. The van der Waals surface area contributed by atoms with Gasteiger partial charge in [0, 0.05) is 19.4 Å². The second-order valence-electron chi connectivity index (χ2n) is 14.3. The van der Waals surface area contributed by atoms with Crippen LogP contribution in [0, 0.1) is 0 Å².